The highest BCUT2D eigenvalue weighted by Gasteiger charge is 2.62. The Morgan fingerprint density at radius 1 is 1.14 bits per heavy atom. The van der Waals surface area contributed by atoms with Crippen molar-refractivity contribution in [2.45, 2.75) is 102 Å². The molecule has 2 saturated heterocycles. The Morgan fingerprint density at radius 2 is 1.86 bits per heavy atom. The topological polar surface area (TPSA) is 141 Å². The Bertz CT molecular complexity index is 1500. The first-order chi connectivity index (χ1) is 23.7. The Morgan fingerprint density at radius 3 is 2.54 bits per heavy atom. The van der Waals surface area contributed by atoms with E-state index in [1.54, 1.807) is 25.2 Å². The molecular weight excluding hydrogens is 662 g/mol. The predicted octanol–water partition coefficient (Wildman–Crippen LogP) is 3.77. The summed E-state index contributed by atoms with van der Waals surface area (Å²) in [6.45, 7) is 10.7. The first-order valence-corrected chi connectivity index (χ1v) is 18.9. The molecule has 0 radical (unpaired) electrons. The quantitative estimate of drug-likeness (QED) is 0.242. The molecule has 0 spiro atoms. The number of esters is 2. The second-order valence-electron chi connectivity index (χ2n) is 16.5. The molecule has 3 unspecified atom stereocenters. The summed E-state index contributed by atoms with van der Waals surface area (Å²) in [5.74, 6) is 0.284. The second kappa shape index (κ2) is 13.6. The van der Waals surface area contributed by atoms with Crippen LogP contribution in [0.4, 0.5) is 5.69 Å². The van der Waals surface area contributed by atoms with Crippen molar-refractivity contribution in [1.29, 1.82) is 0 Å². The van der Waals surface area contributed by atoms with Gasteiger partial charge in [0.25, 0.3) is 0 Å². The summed E-state index contributed by atoms with van der Waals surface area (Å²) in [7, 11) is 1.69. The van der Waals surface area contributed by atoms with Crippen LogP contribution in [0.1, 0.15) is 71.8 Å². The molecule has 12 atom stereocenters. The first kappa shape index (κ1) is 36.1. The van der Waals surface area contributed by atoms with Crippen LogP contribution in [0.25, 0.3) is 0 Å². The van der Waals surface area contributed by atoms with Crippen LogP contribution < -0.4 is 10.4 Å². The fourth-order valence-corrected chi connectivity index (χ4v) is 11.1. The van der Waals surface area contributed by atoms with Gasteiger partial charge >= 0.3 is 11.9 Å². The minimum Gasteiger partial charge on any atom is -0.454 e. The number of nitrogens with zero attached hydrogens (tertiary/aromatic N) is 2. The number of hydroxylamine groups is 1. The van der Waals surface area contributed by atoms with Gasteiger partial charge in [-0.05, 0) is 86.2 Å². The molecular formula is C38H54ClN3O8. The number of anilines is 1. The van der Waals surface area contributed by atoms with Gasteiger partial charge in [0.05, 0.1) is 10.7 Å². The van der Waals surface area contributed by atoms with E-state index in [9.17, 15) is 24.9 Å². The van der Waals surface area contributed by atoms with Crippen molar-refractivity contribution < 1.29 is 39.2 Å². The van der Waals surface area contributed by atoms with E-state index in [1.807, 2.05) is 13.8 Å². The van der Waals surface area contributed by atoms with Gasteiger partial charge in [0.1, 0.15) is 17.2 Å². The van der Waals surface area contributed by atoms with Gasteiger partial charge < -0.3 is 29.7 Å². The van der Waals surface area contributed by atoms with Crippen LogP contribution in [0.5, 0.6) is 0 Å². The van der Waals surface area contributed by atoms with Crippen molar-refractivity contribution in [1.82, 2.24) is 10.2 Å². The summed E-state index contributed by atoms with van der Waals surface area (Å²) in [4.78, 5) is 35.2. The number of hydrogen-bond acceptors (Lipinski definition) is 11. The highest BCUT2D eigenvalue weighted by Crippen LogP contribution is 2.53. The van der Waals surface area contributed by atoms with E-state index in [0.717, 1.165) is 50.9 Å². The number of fused-ring (bicyclic) bond motifs is 6. The minimum absolute atomic E-state index is 0.0363. The molecule has 2 saturated carbocycles. The number of hydrogen-bond donors (Lipinski definition) is 4. The summed E-state index contributed by atoms with van der Waals surface area (Å²) in [6.07, 6.45) is 4.08. The van der Waals surface area contributed by atoms with Crippen molar-refractivity contribution in [3.63, 3.8) is 0 Å². The summed E-state index contributed by atoms with van der Waals surface area (Å²) >= 11 is 6.47. The van der Waals surface area contributed by atoms with Crippen LogP contribution in [0.15, 0.2) is 29.8 Å². The summed E-state index contributed by atoms with van der Waals surface area (Å²) in [5.41, 5.74) is -1.22. The van der Waals surface area contributed by atoms with E-state index in [0.29, 0.717) is 34.0 Å². The third kappa shape index (κ3) is 6.18. The molecule has 3 heterocycles. The van der Waals surface area contributed by atoms with Crippen molar-refractivity contribution in [2.75, 3.05) is 38.4 Å². The number of para-hydroxylation sites is 1. The predicted molar refractivity (Wildman–Crippen MR) is 187 cm³/mol. The fraction of sp³-hybridized carbons (Fsp3) is 0.737. The maximum Gasteiger partial charge on any atom is 0.323 e. The van der Waals surface area contributed by atoms with E-state index in [1.165, 1.54) is 18.4 Å². The number of aliphatic hydroxyl groups excluding tert-OH is 1. The molecule has 3 aliphatic heterocycles. The Labute approximate surface area is 300 Å². The number of nitrogens with one attached hydrogen (secondary N) is 1. The van der Waals surface area contributed by atoms with Crippen LogP contribution >= 0.6 is 11.6 Å². The monoisotopic (exact) mass is 715 g/mol. The van der Waals surface area contributed by atoms with Gasteiger partial charge in [0, 0.05) is 58.1 Å². The molecule has 3 aliphatic carbocycles. The normalized spacial score (nSPS) is 41.7. The van der Waals surface area contributed by atoms with Gasteiger partial charge in [-0.25, -0.2) is 0 Å². The van der Waals surface area contributed by atoms with Gasteiger partial charge in [-0.1, -0.05) is 43.7 Å². The van der Waals surface area contributed by atoms with Crippen LogP contribution in [-0.2, 0) is 29.5 Å². The van der Waals surface area contributed by atoms with Crippen molar-refractivity contribution in [3.8, 4) is 0 Å². The molecule has 12 heteroatoms. The number of carbonyl (C=O) groups excluding carboxylic acids is 2. The van der Waals surface area contributed by atoms with Gasteiger partial charge in [-0.3, -0.25) is 24.8 Å². The van der Waals surface area contributed by atoms with Crippen LogP contribution in [0, 0.1) is 41.4 Å². The third-order valence-electron chi connectivity index (χ3n) is 13.1. The molecule has 4 fully saturated rings. The van der Waals surface area contributed by atoms with Crippen molar-refractivity contribution in [2.24, 2.45) is 41.4 Å². The number of carbonyl (C=O) groups is 2. The van der Waals surface area contributed by atoms with E-state index < -0.39 is 47.6 Å². The standard InChI is InChI=1S/C38H54ClN3O8/c1-20-11-29-27(21(2)16-42-17-24-12-25(18-42)14-26(13-24)19-43)10-9-22(3)38(29,47)34(33(20)48-23(4)44)49-35(45)31-15-37(46)28-7-6-8-30(39)32(28)41(5)50-36(37)40-31/h6-8,11,21-22,24-27,29,31,33-34,36,40,43,46-47H,9-10,12-19H2,1-5H3/t21?,22-,24?,25?,26?,27+,29-,31+,33-,34+,36-,37-,38-/m1/s1. The number of piperidine rings is 1. The summed E-state index contributed by atoms with van der Waals surface area (Å²) in [6, 6.07) is 4.28. The lowest BCUT2D eigenvalue weighted by Gasteiger charge is -2.56. The molecule has 1 aromatic carbocycles. The highest BCUT2D eigenvalue weighted by atomic mass is 35.5. The van der Waals surface area contributed by atoms with Crippen LogP contribution in [0.3, 0.4) is 0 Å². The summed E-state index contributed by atoms with van der Waals surface area (Å²) in [5, 5.41) is 39.6. The van der Waals surface area contributed by atoms with E-state index in [-0.39, 0.29) is 36.7 Å². The zero-order chi connectivity index (χ0) is 35.7. The number of halogens is 1. The number of aliphatic hydroxyl groups is 3. The highest BCUT2D eigenvalue weighted by molar-refractivity contribution is 6.33. The molecule has 1 aromatic rings. The Balaban J connectivity index is 1.13. The molecule has 0 aromatic heterocycles. The van der Waals surface area contributed by atoms with E-state index in [2.05, 4.69) is 23.2 Å². The number of benzene rings is 1. The summed E-state index contributed by atoms with van der Waals surface area (Å²) < 4.78 is 12.2. The van der Waals surface area contributed by atoms with Crippen molar-refractivity contribution >= 4 is 29.2 Å². The maximum absolute atomic E-state index is 14.2. The van der Waals surface area contributed by atoms with Crippen LogP contribution in [-0.4, -0.2) is 95.5 Å². The number of likely N-dealkylation sites (tertiary alicyclic amines) is 1. The zero-order valence-corrected chi connectivity index (χ0v) is 30.6. The molecule has 2 bridgehead atoms. The molecule has 7 rings (SSSR count). The first-order valence-electron chi connectivity index (χ1n) is 18.5. The minimum atomic E-state index is -1.56. The average molecular weight is 716 g/mol. The average Bonchev–Trinajstić information content (AvgIpc) is 3.41. The lowest BCUT2D eigenvalue weighted by molar-refractivity contribution is -0.225. The Hall–Kier alpha value is -2.25. The van der Waals surface area contributed by atoms with E-state index >= 15 is 0 Å². The van der Waals surface area contributed by atoms with Gasteiger partial charge in [-0.15, -0.1) is 0 Å². The lowest BCUT2D eigenvalue weighted by atomic mass is 9.55. The SMILES string of the molecule is CC(=O)O[C@@H]1C(C)=C[C@@H]2[C@H](C(C)CN3CC4CC(CO)CC(C4)C3)CC[C@@H](C)[C@]2(O)[C@H]1OC(=O)[C@@H]1C[C@@]2(O)c3cccc(Cl)c3N(C)O[C@H]2N1. The largest absolute Gasteiger partial charge is 0.454 e. The molecule has 4 N–H and O–H groups in total. The van der Waals surface area contributed by atoms with Gasteiger partial charge in [-0.2, -0.15) is 0 Å². The maximum atomic E-state index is 14.2. The number of rotatable bonds is 7. The number of ether oxygens (including phenoxy) is 2. The van der Waals surface area contributed by atoms with Crippen LogP contribution in [0.2, 0.25) is 5.02 Å². The van der Waals surface area contributed by atoms with Crippen molar-refractivity contribution in [3.05, 3.63) is 40.4 Å². The van der Waals surface area contributed by atoms with Gasteiger partial charge in [0.2, 0.25) is 0 Å². The zero-order valence-electron chi connectivity index (χ0n) is 29.9. The molecule has 6 aliphatic rings. The molecule has 0 amide bonds. The third-order valence-corrected chi connectivity index (χ3v) is 13.4. The molecule has 276 valence electrons. The van der Waals surface area contributed by atoms with Gasteiger partial charge in [0.15, 0.2) is 18.4 Å². The molecule has 11 nitrogen and oxygen atoms in total. The van der Waals surface area contributed by atoms with E-state index in [4.69, 9.17) is 25.9 Å². The second-order valence-corrected chi connectivity index (χ2v) is 16.9. The Kier molecular flexibility index (Phi) is 9.84. The lowest BCUT2D eigenvalue weighted by Crippen LogP contribution is -2.66. The molecule has 50 heavy (non-hydrogen) atoms. The smallest absolute Gasteiger partial charge is 0.323 e. The fourth-order valence-electron chi connectivity index (χ4n) is 10.8.